The van der Waals surface area contributed by atoms with E-state index in [4.69, 9.17) is 9.47 Å². The molecule has 0 radical (unpaired) electrons. The van der Waals surface area contributed by atoms with Gasteiger partial charge in [-0.1, -0.05) is 17.7 Å². The molecule has 0 amide bonds. The lowest BCUT2D eigenvalue weighted by molar-refractivity contribution is -0.136. The molecule has 0 aliphatic carbocycles. The quantitative estimate of drug-likeness (QED) is 0.425. The van der Waals surface area contributed by atoms with Crippen LogP contribution in [0.2, 0.25) is 0 Å². The molecule has 24 heavy (non-hydrogen) atoms. The van der Waals surface area contributed by atoms with E-state index in [1.165, 1.54) is 24.3 Å². The van der Waals surface area contributed by atoms with Crippen molar-refractivity contribution in [1.29, 1.82) is 0 Å². The molecule has 0 heterocycles. The summed E-state index contributed by atoms with van der Waals surface area (Å²) >= 11 is 0. The van der Waals surface area contributed by atoms with Crippen LogP contribution < -0.4 is 9.47 Å². The predicted octanol–water partition coefficient (Wildman–Crippen LogP) is 4.94. The lowest BCUT2D eigenvalue weighted by Gasteiger charge is -2.09. The maximum absolute atomic E-state index is 12.0. The van der Waals surface area contributed by atoms with Gasteiger partial charge in [0.1, 0.15) is 11.5 Å². The number of rotatable bonds is 6. The van der Waals surface area contributed by atoms with Gasteiger partial charge in [-0.15, -0.1) is 0 Å². The molecule has 0 bridgehead atoms. The molecule has 0 aliphatic heterocycles. The van der Waals surface area contributed by atoms with Gasteiger partial charge in [0.15, 0.2) is 0 Å². The SMILES string of the molecule is Cc1ccc(OC(=O)c2ccc(OCCCC(F)(F)F)cc2)cc1. The molecule has 0 aromatic heterocycles. The van der Waals surface area contributed by atoms with E-state index in [-0.39, 0.29) is 13.0 Å². The number of ether oxygens (including phenoxy) is 2. The monoisotopic (exact) mass is 338 g/mol. The van der Waals surface area contributed by atoms with Crippen LogP contribution in [0, 0.1) is 6.92 Å². The molecule has 0 saturated carbocycles. The second kappa shape index (κ2) is 7.86. The lowest BCUT2D eigenvalue weighted by atomic mass is 10.2. The molecule has 2 rings (SSSR count). The minimum Gasteiger partial charge on any atom is -0.494 e. The smallest absolute Gasteiger partial charge is 0.389 e. The number of hydrogen-bond donors (Lipinski definition) is 0. The van der Waals surface area contributed by atoms with E-state index in [0.717, 1.165) is 5.56 Å². The maximum Gasteiger partial charge on any atom is 0.389 e. The predicted molar refractivity (Wildman–Crippen MR) is 83.4 cm³/mol. The first kappa shape index (κ1) is 17.8. The highest BCUT2D eigenvalue weighted by Crippen LogP contribution is 2.22. The Labute approximate surface area is 138 Å². The molecule has 2 aromatic rings. The van der Waals surface area contributed by atoms with E-state index in [9.17, 15) is 18.0 Å². The van der Waals surface area contributed by atoms with Crippen molar-refractivity contribution in [2.45, 2.75) is 25.9 Å². The van der Waals surface area contributed by atoms with Crippen molar-refractivity contribution in [3.63, 3.8) is 0 Å². The van der Waals surface area contributed by atoms with Gasteiger partial charge in [-0.05, 0) is 49.7 Å². The lowest BCUT2D eigenvalue weighted by Crippen LogP contribution is -2.10. The summed E-state index contributed by atoms with van der Waals surface area (Å²) in [4.78, 5) is 12.0. The van der Waals surface area contributed by atoms with Crippen LogP contribution >= 0.6 is 0 Å². The van der Waals surface area contributed by atoms with Crippen molar-refractivity contribution in [3.05, 3.63) is 59.7 Å². The van der Waals surface area contributed by atoms with Crippen molar-refractivity contribution in [3.8, 4) is 11.5 Å². The third-order valence-electron chi connectivity index (χ3n) is 3.19. The van der Waals surface area contributed by atoms with Crippen molar-refractivity contribution in [2.75, 3.05) is 6.61 Å². The molecular formula is C18H17F3O3. The van der Waals surface area contributed by atoms with Crippen molar-refractivity contribution >= 4 is 5.97 Å². The van der Waals surface area contributed by atoms with Gasteiger partial charge >= 0.3 is 12.1 Å². The molecule has 3 nitrogen and oxygen atoms in total. The van der Waals surface area contributed by atoms with E-state index in [0.29, 0.717) is 17.1 Å². The Morgan fingerprint density at radius 2 is 1.54 bits per heavy atom. The minimum absolute atomic E-state index is 0.0351. The third-order valence-corrected chi connectivity index (χ3v) is 3.19. The van der Waals surface area contributed by atoms with E-state index < -0.39 is 18.6 Å². The van der Waals surface area contributed by atoms with Crippen molar-refractivity contribution < 1.29 is 27.4 Å². The van der Waals surface area contributed by atoms with Gasteiger partial charge < -0.3 is 9.47 Å². The first-order valence-corrected chi connectivity index (χ1v) is 7.42. The van der Waals surface area contributed by atoms with Crippen LogP contribution in [-0.2, 0) is 0 Å². The fourth-order valence-electron chi connectivity index (χ4n) is 1.92. The van der Waals surface area contributed by atoms with Gasteiger partial charge in [0.05, 0.1) is 12.2 Å². The van der Waals surface area contributed by atoms with Gasteiger partial charge in [0, 0.05) is 6.42 Å². The standard InChI is InChI=1S/C18H17F3O3/c1-13-3-7-16(8-4-13)24-17(22)14-5-9-15(10-6-14)23-12-2-11-18(19,20)21/h3-10H,2,11-12H2,1H3. The fourth-order valence-corrected chi connectivity index (χ4v) is 1.92. The van der Waals surface area contributed by atoms with Crippen LogP contribution in [0.4, 0.5) is 13.2 Å². The Bertz CT molecular complexity index is 661. The third kappa shape index (κ3) is 5.95. The van der Waals surface area contributed by atoms with Crippen LogP contribution in [0.3, 0.4) is 0 Å². The summed E-state index contributed by atoms with van der Waals surface area (Å²) in [6.07, 6.45) is -5.17. The summed E-state index contributed by atoms with van der Waals surface area (Å²) in [5, 5.41) is 0. The summed E-state index contributed by atoms with van der Waals surface area (Å²) in [5.41, 5.74) is 1.39. The molecule has 0 N–H and O–H groups in total. The average Bonchev–Trinajstić information content (AvgIpc) is 2.53. The van der Waals surface area contributed by atoms with Crippen molar-refractivity contribution in [1.82, 2.24) is 0 Å². The molecule has 0 aliphatic rings. The molecule has 0 fully saturated rings. The van der Waals surface area contributed by atoms with Gasteiger partial charge in [-0.2, -0.15) is 13.2 Å². The summed E-state index contributed by atoms with van der Waals surface area (Å²) in [6.45, 7) is 1.89. The van der Waals surface area contributed by atoms with E-state index in [2.05, 4.69) is 0 Å². The number of carbonyl (C=O) groups excluding carboxylic acids is 1. The Morgan fingerprint density at radius 3 is 2.12 bits per heavy atom. The number of halogens is 3. The van der Waals surface area contributed by atoms with Crippen LogP contribution in [-0.4, -0.2) is 18.8 Å². The number of benzene rings is 2. The van der Waals surface area contributed by atoms with Crippen LogP contribution in [0.5, 0.6) is 11.5 Å². The highest BCUT2D eigenvalue weighted by atomic mass is 19.4. The molecule has 6 heteroatoms. The molecular weight excluding hydrogens is 321 g/mol. The average molecular weight is 338 g/mol. The Balaban J connectivity index is 1.84. The molecule has 0 saturated heterocycles. The molecule has 0 spiro atoms. The highest BCUT2D eigenvalue weighted by molar-refractivity contribution is 5.91. The molecule has 2 aromatic carbocycles. The van der Waals surface area contributed by atoms with E-state index in [1.54, 1.807) is 12.1 Å². The van der Waals surface area contributed by atoms with Crippen LogP contribution in [0.15, 0.2) is 48.5 Å². The summed E-state index contributed by atoms with van der Waals surface area (Å²) in [7, 11) is 0. The largest absolute Gasteiger partial charge is 0.494 e. The highest BCUT2D eigenvalue weighted by Gasteiger charge is 2.26. The Hall–Kier alpha value is -2.50. The normalized spacial score (nSPS) is 11.2. The first-order chi connectivity index (χ1) is 11.3. The zero-order chi connectivity index (χ0) is 17.6. The molecule has 128 valence electrons. The first-order valence-electron chi connectivity index (χ1n) is 7.42. The summed E-state index contributed by atoms with van der Waals surface area (Å²) < 4.78 is 46.5. The number of alkyl halides is 3. The zero-order valence-corrected chi connectivity index (χ0v) is 13.1. The maximum atomic E-state index is 12.0. The second-order valence-corrected chi connectivity index (χ2v) is 5.29. The summed E-state index contributed by atoms with van der Waals surface area (Å²) in [5.74, 6) is 0.338. The van der Waals surface area contributed by atoms with Crippen molar-refractivity contribution in [2.24, 2.45) is 0 Å². The van der Waals surface area contributed by atoms with Gasteiger partial charge in [-0.3, -0.25) is 0 Å². The molecule has 0 atom stereocenters. The second-order valence-electron chi connectivity index (χ2n) is 5.29. The fraction of sp³-hybridized carbons (Fsp3) is 0.278. The Morgan fingerprint density at radius 1 is 0.958 bits per heavy atom. The Kier molecular flexibility index (Phi) is 5.84. The van der Waals surface area contributed by atoms with Gasteiger partial charge in [0.25, 0.3) is 0 Å². The van der Waals surface area contributed by atoms with E-state index >= 15 is 0 Å². The van der Waals surface area contributed by atoms with Gasteiger partial charge in [-0.25, -0.2) is 4.79 Å². The molecule has 0 unspecified atom stereocenters. The van der Waals surface area contributed by atoms with Crippen LogP contribution in [0.25, 0.3) is 0 Å². The van der Waals surface area contributed by atoms with Gasteiger partial charge in [0.2, 0.25) is 0 Å². The topological polar surface area (TPSA) is 35.5 Å². The minimum atomic E-state index is -4.17. The summed E-state index contributed by atoms with van der Waals surface area (Å²) in [6, 6.07) is 13.1. The zero-order valence-electron chi connectivity index (χ0n) is 13.1. The van der Waals surface area contributed by atoms with Crippen LogP contribution in [0.1, 0.15) is 28.8 Å². The number of carbonyl (C=O) groups is 1. The van der Waals surface area contributed by atoms with E-state index in [1.807, 2.05) is 19.1 Å². The number of hydrogen-bond acceptors (Lipinski definition) is 3. The number of esters is 1. The number of aryl methyl sites for hydroxylation is 1.